The van der Waals surface area contributed by atoms with Crippen molar-refractivity contribution in [3.8, 4) is 0 Å². The van der Waals surface area contributed by atoms with Gasteiger partial charge >= 0.3 is 0 Å². The molecule has 2 aliphatic heterocycles. The molecule has 9 nitrogen and oxygen atoms in total. The van der Waals surface area contributed by atoms with E-state index >= 15 is 0 Å². The molecule has 2 aromatic rings. The molecule has 9 heteroatoms. The number of nitrogens with zero attached hydrogens (tertiary/aromatic N) is 4. The van der Waals surface area contributed by atoms with Crippen LogP contribution in [0.4, 0.5) is 17.3 Å². The van der Waals surface area contributed by atoms with E-state index in [2.05, 4.69) is 36.7 Å². The van der Waals surface area contributed by atoms with Gasteiger partial charge < -0.3 is 19.7 Å². The fraction of sp³-hybridized carbons (Fsp3) is 0.435. The van der Waals surface area contributed by atoms with Crippen LogP contribution >= 0.6 is 0 Å². The molecule has 1 amide bonds. The molecule has 4 rings (SSSR count). The quantitative estimate of drug-likeness (QED) is 0.504. The highest BCUT2D eigenvalue weighted by Gasteiger charge is 2.17. The molecule has 0 saturated carbocycles. The first-order valence-corrected chi connectivity index (χ1v) is 11.0. The van der Waals surface area contributed by atoms with E-state index < -0.39 is 0 Å². The second-order valence-corrected chi connectivity index (χ2v) is 7.92. The van der Waals surface area contributed by atoms with Gasteiger partial charge in [-0.1, -0.05) is 29.8 Å². The predicted molar refractivity (Wildman–Crippen MR) is 126 cm³/mol. The Balaban J connectivity index is 1.47. The number of hydrazone groups is 1. The SMILES string of the molecule is Cc1cccc(/C=N/Nc2cc(N3CCOCC3)cc(NC(=O)CN3CCOCC3)n2)c1. The Hall–Kier alpha value is -3.01. The number of benzene rings is 1. The van der Waals surface area contributed by atoms with Gasteiger partial charge in [-0.25, -0.2) is 4.98 Å². The maximum absolute atomic E-state index is 12.6. The molecule has 0 radical (unpaired) electrons. The van der Waals surface area contributed by atoms with E-state index in [0.717, 1.165) is 37.4 Å². The lowest BCUT2D eigenvalue weighted by Crippen LogP contribution is -2.41. The molecule has 0 spiro atoms. The minimum atomic E-state index is -0.0901. The molecule has 0 aliphatic carbocycles. The zero-order chi connectivity index (χ0) is 22.2. The molecule has 1 aromatic heterocycles. The van der Waals surface area contributed by atoms with Gasteiger partial charge in [0, 0.05) is 44.0 Å². The number of hydrogen-bond acceptors (Lipinski definition) is 8. The van der Waals surface area contributed by atoms with Crippen molar-refractivity contribution in [1.29, 1.82) is 0 Å². The molecule has 2 saturated heterocycles. The average molecular weight is 439 g/mol. The summed E-state index contributed by atoms with van der Waals surface area (Å²) < 4.78 is 10.8. The number of rotatable bonds is 7. The lowest BCUT2D eigenvalue weighted by molar-refractivity contribution is -0.118. The molecule has 3 heterocycles. The summed E-state index contributed by atoms with van der Waals surface area (Å²) >= 11 is 0. The molecule has 170 valence electrons. The van der Waals surface area contributed by atoms with Crippen molar-refractivity contribution in [1.82, 2.24) is 9.88 Å². The van der Waals surface area contributed by atoms with Crippen LogP contribution in [0.2, 0.25) is 0 Å². The van der Waals surface area contributed by atoms with Crippen molar-refractivity contribution >= 4 is 29.4 Å². The summed E-state index contributed by atoms with van der Waals surface area (Å²) in [5, 5.41) is 7.28. The highest BCUT2D eigenvalue weighted by molar-refractivity contribution is 5.92. The maximum atomic E-state index is 12.6. The molecular formula is C23H30N6O3. The van der Waals surface area contributed by atoms with Crippen LogP contribution in [0.15, 0.2) is 41.5 Å². The van der Waals surface area contributed by atoms with Crippen LogP contribution in [0.25, 0.3) is 0 Å². The first-order chi connectivity index (χ1) is 15.7. The lowest BCUT2D eigenvalue weighted by atomic mass is 10.2. The number of carbonyl (C=O) groups excluding carboxylic acids is 1. The third kappa shape index (κ3) is 6.49. The second kappa shape index (κ2) is 11.0. The fourth-order valence-corrected chi connectivity index (χ4v) is 3.71. The van der Waals surface area contributed by atoms with Crippen LogP contribution in [0.3, 0.4) is 0 Å². The normalized spacial score (nSPS) is 17.5. The summed E-state index contributed by atoms with van der Waals surface area (Å²) in [7, 11) is 0. The Morgan fingerprint density at radius 1 is 1.06 bits per heavy atom. The Bertz CT molecular complexity index is 939. The summed E-state index contributed by atoms with van der Waals surface area (Å²) in [6, 6.07) is 11.9. The average Bonchev–Trinajstić information content (AvgIpc) is 2.80. The Morgan fingerprint density at radius 2 is 1.78 bits per heavy atom. The first kappa shape index (κ1) is 22.2. The lowest BCUT2D eigenvalue weighted by Gasteiger charge is -2.29. The number of ether oxygens (including phenoxy) is 2. The topological polar surface area (TPSA) is 91.3 Å². The van der Waals surface area contributed by atoms with E-state index in [1.807, 2.05) is 37.3 Å². The van der Waals surface area contributed by atoms with Gasteiger partial charge in [-0.3, -0.25) is 15.1 Å². The highest BCUT2D eigenvalue weighted by atomic mass is 16.5. The van der Waals surface area contributed by atoms with Gasteiger partial charge in [0.2, 0.25) is 5.91 Å². The number of anilines is 3. The minimum Gasteiger partial charge on any atom is -0.379 e. The second-order valence-electron chi connectivity index (χ2n) is 7.92. The van der Waals surface area contributed by atoms with E-state index in [4.69, 9.17) is 9.47 Å². The molecular weight excluding hydrogens is 408 g/mol. The maximum Gasteiger partial charge on any atom is 0.239 e. The number of carbonyl (C=O) groups is 1. The van der Waals surface area contributed by atoms with Gasteiger partial charge in [-0.15, -0.1) is 0 Å². The number of morpholine rings is 2. The number of aryl methyl sites for hydroxylation is 1. The summed E-state index contributed by atoms with van der Waals surface area (Å²) in [5.74, 6) is 0.979. The van der Waals surface area contributed by atoms with E-state index in [9.17, 15) is 4.79 Å². The van der Waals surface area contributed by atoms with E-state index in [1.165, 1.54) is 5.56 Å². The van der Waals surface area contributed by atoms with Crippen molar-refractivity contribution in [2.45, 2.75) is 6.92 Å². The Morgan fingerprint density at radius 3 is 2.53 bits per heavy atom. The molecule has 2 aliphatic rings. The van der Waals surface area contributed by atoms with Gasteiger partial charge in [0.1, 0.15) is 5.82 Å². The van der Waals surface area contributed by atoms with Crippen molar-refractivity contribution < 1.29 is 14.3 Å². The van der Waals surface area contributed by atoms with Crippen LogP contribution in [0.5, 0.6) is 0 Å². The molecule has 0 bridgehead atoms. The van der Waals surface area contributed by atoms with Crippen molar-refractivity contribution in [2.24, 2.45) is 5.10 Å². The van der Waals surface area contributed by atoms with E-state index in [0.29, 0.717) is 44.6 Å². The smallest absolute Gasteiger partial charge is 0.239 e. The van der Waals surface area contributed by atoms with Gasteiger partial charge in [0.25, 0.3) is 0 Å². The van der Waals surface area contributed by atoms with Crippen LogP contribution in [0.1, 0.15) is 11.1 Å². The van der Waals surface area contributed by atoms with Crippen LogP contribution < -0.4 is 15.6 Å². The molecule has 0 atom stereocenters. The van der Waals surface area contributed by atoms with Crippen LogP contribution in [0, 0.1) is 6.92 Å². The first-order valence-electron chi connectivity index (χ1n) is 11.0. The van der Waals surface area contributed by atoms with Crippen LogP contribution in [-0.2, 0) is 14.3 Å². The van der Waals surface area contributed by atoms with Gasteiger partial charge in [0.15, 0.2) is 5.82 Å². The van der Waals surface area contributed by atoms with Gasteiger partial charge in [0.05, 0.1) is 39.2 Å². The highest BCUT2D eigenvalue weighted by Crippen LogP contribution is 2.23. The zero-order valence-electron chi connectivity index (χ0n) is 18.4. The summed E-state index contributed by atoms with van der Waals surface area (Å²) in [6.45, 7) is 8.13. The number of hydrogen-bond donors (Lipinski definition) is 2. The Kier molecular flexibility index (Phi) is 7.65. The Labute approximate surface area is 188 Å². The molecule has 1 aromatic carbocycles. The fourth-order valence-electron chi connectivity index (χ4n) is 3.71. The standard InChI is InChI=1S/C23H30N6O3/c1-18-3-2-4-19(13-18)16-24-27-22-15-20(29-7-11-32-12-8-29)14-21(25-22)26-23(30)17-28-5-9-31-10-6-28/h2-4,13-16H,5-12,17H2,1H3,(H2,25,26,27,30)/b24-16+. The van der Waals surface area contributed by atoms with E-state index in [1.54, 1.807) is 6.21 Å². The predicted octanol–water partition coefficient (Wildman–Crippen LogP) is 1.94. The van der Waals surface area contributed by atoms with Crippen molar-refractivity contribution in [3.05, 3.63) is 47.5 Å². The van der Waals surface area contributed by atoms with E-state index in [-0.39, 0.29) is 5.91 Å². The third-order valence-corrected chi connectivity index (χ3v) is 5.36. The number of pyridine rings is 1. The summed E-state index contributed by atoms with van der Waals surface area (Å²) in [5.41, 5.74) is 6.15. The number of amides is 1. The van der Waals surface area contributed by atoms with Gasteiger partial charge in [-0.05, 0) is 12.5 Å². The molecule has 2 fully saturated rings. The molecule has 2 N–H and O–H groups in total. The summed E-state index contributed by atoms with van der Waals surface area (Å²) in [6.07, 6.45) is 1.76. The van der Waals surface area contributed by atoms with Crippen molar-refractivity contribution in [3.63, 3.8) is 0 Å². The molecule has 0 unspecified atom stereocenters. The monoisotopic (exact) mass is 438 g/mol. The summed E-state index contributed by atoms with van der Waals surface area (Å²) in [4.78, 5) is 21.4. The van der Waals surface area contributed by atoms with Crippen LogP contribution in [-0.4, -0.2) is 81.2 Å². The van der Waals surface area contributed by atoms with Crippen molar-refractivity contribution in [2.75, 3.05) is 74.8 Å². The van der Waals surface area contributed by atoms with Gasteiger partial charge in [-0.2, -0.15) is 5.10 Å². The largest absolute Gasteiger partial charge is 0.379 e. The number of nitrogens with one attached hydrogen (secondary N) is 2. The molecule has 32 heavy (non-hydrogen) atoms. The third-order valence-electron chi connectivity index (χ3n) is 5.36. The number of aromatic nitrogens is 1. The minimum absolute atomic E-state index is 0.0901. The zero-order valence-corrected chi connectivity index (χ0v) is 18.4.